The van der Waals surface area contributed by atoms with Gasteiger partial charge in [0, 0.05) is 18.8 Å². The molecule has 1 N–H and O–H groups in total. The van der Waals surface area contributed by atoms with Crippen LogP contribution in [-0.4, -0.2) is 33.9 Å². The number of thiazole rings is 1. The van der Waals surface area contributed by atoms with Crippen LogP contribution in [-0.2, 0) is 12.8 Å². The van der Waals surface area contributed by atoms with Crippen molar-refractivity contribution in [2.24, 2.45) is 4.99 Å². The van der Waals surface area contributed by atoms with Crippen LogP contribution in [0.4, 0.5) is 15.2 Å². The lowest BCUT2D eigenvalue weighted by Crippen LogP contribution is -2.23. The van der Waals surface area contributed by atoms with Crippen molar-refractivity contribution in [2.75, 3.05) is 18.9 Å². The summed E-state index contributed by atoms with van der Waals surface area (Å²) in [6, 6.07) is 22.4. The van der Waals surface area contributed by atoms with Gasteiger partial charge in [-0.1, -0.05) is 59.5 Å². The van der Waals surface area contributed by atoms with E-state index in [2.05, 4.69) is 70.8 Å². The number of nitrogens with zero attached hydrogens (tertiary/aromatic N) is 3. The molecule has 0 radical (unpaired) electrons. The molecule has 1 aliphatic carbocycles. The topological polar surface area (TPSA) is 40.5 Å². The maximum absolute atomic E-state index is 13.4. The fourth-order valence-electron chi connectivity index (χ4n) is 4.68. The van der Waals surface area contributed by atoms with E-state index >= 15 is 0 Å². The SMILES string of the molecule is CN1C(=Nc2ccc(CCNc3nc4ccc(F)cc4s3)cc2)SC2Cc3ccccc3[C@@H]21. The van der Waals surface area contributed by atoms with Crippen molar-refractivity contribution in [2.45, 2.75) is 24.1 Å². The van der Waals surface area contributed by atoms with E-state index in [1.807, 2.05) is 11.8 Å². The van der Waals surface area contributed by atoms with Crippen LogP contribution in [0.1, 0.15) is 22.7 Å². The molecule has 6 rings (SSSR count). The average Bonchev–Trinajstić information content (AvgIpc) is 3.47. The molecule has 0 spiro atoms. The molecule has 0 amide bonds. The van der Waals surface area contributed by atoms with Crippen LogP contribution in [0.2, 0.25) is 0 Å². The fraction of sp³-hybridized carbons (Fsp3) is 0.231. The molecule has 2 aliphatic rings. The molecule has 4 aromatic rings. The number of halogens is 1. The molecule has 1 unspecified atom stereocenters. The zero-order chi connectivity index (χ0) is 22.4. The molecule has 0 bridgehead atoms. The molecule has 2 heterocycles. The maximum atomic E-state index is 13.4. The molecule has 33 heavy (non-hydrogen) atoms. The van der Waals surface area contributed by atoms with Gasteiger partial charge in [0.2, 0.25) is 0 Å². The van der Waals surface area contributed by atoms with E-state index in [9.17, 15) is 4.39 Å². The number of amidine groups is 1. The Labute approximate surface area is 200 Å². The van der Waals surface area contributed by atoms with Crippen molar-refractivity contribution in [3.05, 3.63) is 89.2 Å². The van der Waals surface area contributed by atoms with Crippen molar-refractivity contribution in [3.8, 4) is 0 Å². The van der Waals surface area contributed by atoms with Gasteiger partial charge in [-0.05, 0) is 59.9 Å². The van der Waals surface area contributed by atoms with Gasteiger partial charge in [-0.2, -0.15) is 0 Å². The number of aromatic nitrogens is 1. The molecular formula is C26H23FN4S2. The molecule has 1 aliphatic heterocycles. The van der Waals surface area contributed by atoms with E-state index < -0.39 is 0 Å². The normalized spacial score (nSPS) is 20.4. The summed E-state index contributed by atoms with van der Waals surface area (Å²) < 4.78 is 14.2. The van der Waals surface area contributed by atoms with Crippen molar-refractivity contribution in [3.63, 3.8) is 0 Å². The fourth-order valence-corrected chi connectivity index (χ4v) is 7.03. The van der Waals surface area contributed by atoms with Gasteiger partial charge < -0.3 is 10.2 Å². The summed E-state index contributed by atoms with van der Waals surface area (Å²) in [5.74, 6) is -0.225. The zero-order valence-electron chi connectivity index (χ0n) is 18.2. The summed E-state index contributed by atoms with van der Waals surface area (Å²) >= 11 is 3.38. The second-order valence-electron chi connectivity index (χ2n) is 8.48. The van der Waals surface area contributed by atoms with Crippen molar-refractivity contribution in [1.82, 2.24) is 9.88 Å². The number of fused-ring (bicyclic) bond motifs is 4. The Balaban J connectivity index is 1.08. The number of aliphatic imine (C=N–C) groups is 1. The molecule has 7 heteroatoms. The highest BCUT2D eigenvalue weighted by atomic mass is 32.2. The number of thioether (sulfide) groups is 1. The quantitative estimate of drug-likeness (QED) is 0.362. The van der Waals surface area contributed by atoms with Gasteiger partial charge in [-0.15, -0.1) is 0 Å². The molecule has 3 aromatic carbocycles. The van der Waals surface area contributed by atoms with E-state index in [0.717, 1.165) is 45.6 Å². The Hall–Kier alpha value is -2.90. The largest absolute Gasteiger partial charge is 0.361 e. The van der Waals surface area contributed by atoms with Crippen LogP contribution in [0.25, 0.3) is 10.2 Å². The molecule has 2 atom stereocenters. The van der Waals surface area contributed by atoms with Crippen LogP contribution in [0, 0.1) is 5.82 Å². The first kappa shape index (κ1) is 20.7. The summed E-state index contributed by atoms with van der Waals surface area (Å²) in [6.45, 7) is 0.775. The summed E-state index contributed by atoms with van der Waals surface area (Å²) in [6.07, 6.45) is 2.00. The molecule has 0 saturated carbocycles. The second kappa shape index (κ2) is 8.47. The van der Waals surface area contributed by atoms with Gasteiger partial charge in [0.05, 0.1) is 21.9 Å². The Morgan fingerprint density at radius 3 is 2.85 bits per heavy atom. The van der Waals surface area contributed by atoms with Gasteiger partial charge in [-0.3, -0.25) is 0 Å². The Morgan fingerprint density at radius 2 is 1.97 bits per heavy atom. The highest BCUT2D eigenvalue weighted by Gasteiger charge is 2.43. The smallest absolute Gasteiger partial charge is 0.183 e. The third-order valence-electron chi connectivity index (χ3n) is 6.32. The lowest BCUT2D eigenvalue weighted by Gasteiger charge is -2.21. The molecular weight excluding hydrogens is 451 g/mol. The molecule has 1 aromatic heterocycles. The third kappa shape index (κ3) is 4.00. The van der Waals surface area contributed by atoms with E-state index in [-0.39, 0.29) is 5.82 Å². The lowest BCUT2D eigenvalue weighted by atomic mass is 10.1. The standard InChI is InChI=1S/C26H23FN4S2/c1-31-24-20-5-3-2-4-17(20)14-23(24)33-26(31)29-19-9-6-16(7-10-19)12-13-28-25-30-21-11-8-18(27)15-22(21)32-25/h2-11,15,23-24H,12-14H2,1H3,(H,28,30)/t23?,24-/m0/s1. The maximum Gasteiger partial charge on any atom is 0.183 e. The number of rotatable bonds is 5. The van der Waals surface area contributed by atoms with Gasteiger partial charge in [0.1, 0.15) is 5.82 Å². The molecule has 1 saturated heterocycles. The predicted octanol–water partition coefficient (Wildman–Crippen LogP) is 6.42. The molecule has 166 valence electrons. The minimum Gasteiger partial charge on any atom is -0.361 e. The van der Waals surface area contributed by atoms with Gasteiger partial charge in [-0.25, -0.2) is 14.4 Å². The van der Waals surface area contributed by atoms with Crippen LogP contribution < -0.4 is 5.32 Å². The minimum absolute atomic E-state index is 0.225. The summed E-state index contributed by atoms with van der Waals surface area (Å²) in [7, 11) is 2.16. The summed E-state index contributed by atoms with van der Waals surface area (Å²) in [5, 5.41) is 5.83. The Morgan fingerprint density at radius 1 is 1.12 bits per heavy atom. The average molecular weight is 475 g/mol. The van der Waals surface area contributed by atoms with Crippen molar-refractivity contribution >= 4 is 49.3 Å². The zero-order valence-corrected chi connectivity index (χ0v) is 19.8. The van der Waals surface area contributed by atoms with Crippen LogP contribution >= 0.6 is 23.1 Å². The Kier molecular flexibility index (Phi) is 5.31. The second-order valence-corrected chi connectivity index (χ2v) is 10.7. The summed E-state index contributed by atoms with van der Waals surface area (Å²) in [4.78, 5) is 11.8. The van der Waals surface area contributed by atoms with Crippen molar-refractivity contribution in [1.29, 1.82) is 0 Å². The van der Waals surface area contributed by atoms with Gasteiger partial charge in [0.25, 0.3) is 0 Å². The minimum atomic E-state index is -0.225. The molecule has 1 fully saturated rings. The highest BCUT2D eigenvalue weighted by molar-refractivity contribution is 8.14. The van der Waals surface area contributed by atoms with E-state index in [1.165, 1.54) is 40.2 Å². The number of hydrogen-bond acceptors (Lipinski definition) is 5. The Bertz CT molecular complexity index is 1350. The predicted molar refractivity (Wildman–Crippen MR) is 137 cm³/mol. The number of anilines is 1. The van der Waals surface area contributed by atoms with Crippen LogP contribution in [0.5, 0.6) is 0 Å². The van der Waals surface area contributed by atoms with E-state index in [0.29, 0.717) is 11.3 Å². The van der Waals surface area contributed by atoms with Crippen LogP contribution in [0.3, 0.4) is 0 Å². The van der Waals surface area contributed by atoms with E-state index in [4.69, 9.17) is 4.99 Å². The molecule has 4 nitrogen and oxygen atoms in total. The first-order valence-corrected chi connectivity index (χ1v) is 12.8. The first-order chi connectivity index (χ1) is 16.1. The van der Waals surface area contributed by atoms with Crippen molar-refractivity contribution < 1.29 is 4.39 Å². The van der Waals surface area contributed by atoms with Gasteiger partial charge >= 0.3 is 0 Å². The van der Waals surface area contributed by atoms with E-state index in [1.54, 1.807) is 6.07 Å². The first-order valence-electron chi connectivity index (χ1n) is 11.1. The highest BCUT2D eigenvalue weighted by Crippen LogP contribution is 2.48. The van der Waals surface area contributed by atoms with Gasteiger partial charge in [0.15, 0.2) is 10.3 Å². The number of nitrogens with one attached hydrogen (secondary N) is 1. The lowest BCUT2D eigenvalue weighted by molar-refractivity contribution is 0.402. The monoisotopic (exact) mass is 474 g/mol. The van der Waals surface area contributed by atoms with Crippen LogP contribution in [0.15, 0.2) is 71.7 Å². The summed E-state index contributed by atoms with van der Waals surface area (Å²) in [5.41, 5.74) is 5.99. The third-order valence-corrected chi connectivity index (χ3v) is 8.62. The number of benzene rings is 3. The number of hydrogen-bond donors (Lipinski definition) is 1.